The van der Waals surface area contributed by atoms with Crippen molar-refractivity contribution in [2.24, 2.45) is 4.99 Å². The Morgan fingerprint density at radius 2 is 1.72 bits per heavy atom. The van der Waals surface area contributed by atoms with Gasteiger partial charge in [-0.1, -0.05) is 65.9 Å². The average molecular weight is 540 g/mol. The molecule has 8 heteroatoms. The van der Waals surface area contributed by atoms with E-state index in [1.807, 2.05) is 104 Å². The van der Waals surface area contributed by atoms with Crippen molar-refractivity contribution in [3.8, 4) is 5.75 Å². The first-order valence-corrected chi connectivity index (χ1v) is 13.4. The van der Waals surface area contributed by atoms with Gasteiger partial charge in [-0.05, 0) is 48.4 Å². The first-order valence-electron chi connectivity index (χ1n) is 12.6. The summed E-state index contributed by atoms with van der Waals surface area (Å²) in [5, 5.41) is 0. The summed E-state index contributed by atoms with van der Waals surface area (Å²) in [4.78, 5) is 34.9. The van der Waals surface area contributed by atoms with Gasteiger partial charge in [-0.2, -0.15) is 0 Å². The number of rotatable bonds is 7. The Morgan fingerprint density at radius 1 is 1.03 bits per heavy atom. The summed E-state index contributed by atoms with van der Waals surface area (Å²) < 4.78 is 13.0. The summed E-state index contributed by atoms with van der Waals surface area (Å²) in [5.41, 5.74) is 4.10. The number of benzene rings is 3. The highest BCUT2D eigenvalue weighted by molar-refractivity contribution is 7.07. The van der Waals surface area contributed by atoms with Crippen LogP contribution in [0.4, 0.5) is 5.69 Å². The molecule has 0 saturated carbocycles. The molecule has 0 radical (unpaired) electrons. The topological polar surface area (TPSA) is 73.1 Å². The van der Waals surface area contributed by atoms with E-state index in [2.05, 4.69) is 0 Å². The highest BCUT2D eigenvalue weighted by Gasteiger charge is 2.35. The fraction of sp³-hybridized carbons (Fsp3) is 0.194. The molecule has 0 bridgehead atoms. The first-order chi connectivity index (χ1) is 18.9. The van der Waals surface area contributed by atoms with Gasteiger partial charge in [0.15, 0.2) is 4.80 Å². The first kappa shape index (κ1) is 26.2. The lowest BCUT2D eigenvalue weighted by atomic mass is 9.93. The van der Waals surface area contributed by atoms with E-state index in [1.54, 1.807) is 18.6 Å². The van der Waals surface area contributed by atoms with Crippen molar-refractivity contribution < 1.29 is 14.3 Å². The molecule has 1 aromatic heterocycles. The van der Waals surface area contributed by atoms with Crippen LogP contribution in [-0.4, -0.2) is 38.3 Å². The third-order valence-corrected chi connectivity index (χ3v) is 7.50. The number of anilines is 1. The predicted molar refractivity (Wildman–Crippen MR) is 155 cm³/mol. The van der Waals surface area contributed by atoms with Crippen LogP contribution in [-0.2, 0) is 9.53 Å². The number of hydrogen-bond acceptors (Lipinski definition) is 7. The van der Waals surface area contributed by atoms with Crippen LogP contribution in [0.2, 0.25) is 0 Å². The van der Waals surface area contributed by atoms with E-state index in [9.17, 15) is 9.59 Å². The van der Waals surface area contributed by atoms with Crippen LogP contribution >= 0.6 is 11.3 Å². The summed E-state index contributed by atoms with van der Waals surface area (Å²) in [6.45, 7) is 1.97. The van der Waals surface area contributed by atoms with Crippen molar-refractivity contribution in [1.82, 2.24) is 4.57 Å². The zero-order valence-corrected chi connectivity index (χ0v) is 23.1. The van der Waals surface area contributed by atoms with E-state index in [4.69, 9.17) is 14.5 Å². The zero-order chi connectivity index (χ0) is 27.5. The average Bonchev–Trinajstić information content (AvgIpc) is 3.27. The van der Waals surface area contributed by atoms with Gasteiger partial charge in [0, 0.05) is 25.3 Å². The number of nitrogens with zero attached hydrogens (tertiary/aromatic N) is 3. The SMILES string of the molecule is CCOC(=O)C1=C(c2ccccc2)N=c2s/c(=C\c3ccc(N(C)C)cc3)c(=O)n2C1c1ccc(OC)cc1. The largest absolute Gasteiger partial charge is 0.497 e. The highest BCUT2D eigenvalue weighted by atomic mass is 32.1. The molecule has 0 amide bonds. The molecular formula is C31H29N3O4S. The van der Waals surface area contributed by atoms with E-state index in [-0.39, 0.29) is 12.2 Å². The molecule has 0 fully saturated rings. The van der Waals surface area contributed by atoms with Gasteiger partial charge in [-0.25, -0.2) is 9.79 Å². The highest BCUT2D eigenvalue weighted by Crippen LogP contribution is 2.35. The molecule has 2 heterocycles. The number of hydrogen-bond donors (Lipinski definition) is 0. The number of methoxy groups -OCH3 is 1. The molecule has 1 aliphatic rings. The van der Waals surface area contributed by atoms with Crippen molar-refractivity contribution >= 4 is 34.8 Å². The number of ether oxygens (including phenoxy) is 2. The summed E-state index contributed by atoms with van der Waals surface area (Å²) in [6, 6.07) is 24.2. The van der Waals surface area contributed by atoms with Gasteiger partial charge in [-0.15, -0.1) is 0 Å². The number of carbonyl (C=O) groups excluding carboxylic acids is 1. The van der Waals surface area contributed by atoms with Crippen molar-refractivity contribution in [2.75, 3.05) is 32.7 Å². The van der Waals surface area contributed by atoms with Gasteiger partial charge < -0.3 is 14.4 Å². The summed E-state index contributed by atoms with van der Waals surface area (Å²) in [5.74, 6) is 0.173. The van der Waals surface area contributed by atoms with Gasteiger partial charge >= 0.3 is 5.97 Å². The quantitative estimate of drug-likeness (QED) is 0.332. The fourth-order valence-corrected chi connectivity index (χ4v) is 5.56. The van der Waals surface area contributed by atoms with Crippen molar-refractivity contribution in [3.63, 3.8) is 0 Å². The standard InChI is InChI=1S/C31H29N3O4S/c1-5-38-30(36)26-27(21-9-7-6-8-10-21)32-31-34(28(26)22-13-17-24(37-4)18-14-22)29(35)25(39-31)19-20-11-15-23(16-12-20)33(2)3/h6-19,28H,5H2,1-4H3/b25-19-. The summed E-state index contributed by atoms with van der Waals surface area (Å²) in [6.07, 6.45) is 1.87. The van der Waals surface area contributed by atoms with Gasteiger partial charge in [0.2, 0.25) is 0 Å². The Balaban J connectivity index is 1.77. The Hall–Kier alpha value is -4.43. The van der Waals surface area contributed by atoms with Crippen molar-refractivity contribution in [1.29, 1.82) is 0 Å². The van der Waals surface area contributed by atoms with E-state index in [1.165, 1.54) is 11.3 Å². The summed E-state index contributed by atoms with van der Waals surface area (Å²) >= 11 is 1.31. The molecule has 7 nitrogen and oxygen atoms in total. The fourth-order valence-electron chi connectivity index (χ4n) is 4.56. The molecule has 3 aromatic carbocycles. The normalized spacial score (nSPS) is 15.0. The molecule has 0 N–H and O–H groups in total. The molecule has 5 rings (SSSR count). The molecule has 1 atom stereocenters. The molecule has 1 unspecified atom stereocenters. The third-order valence-electron chi connectivity index (χ3n) is 6.51. The van der Waals surface area contributed by atoms with Gasteiger partial charge in [0.1, 0.15) is 5.75 Å². The summed E-state index contributed by atoms with van der Waals surface area (Å²) in [7, 11) is 5.57. The van der Waals surface area contributed by atoms with Gasteiger partial charge in [0.05, 0.1) is 35.6 Å². The second-order valence-electron chi connectivity index (χ2n) is 9.19. The number of carbonyl (C=O) groups is 1. The number of aromatic nitrogens is 1. The minimum absolute atomic E-state index is 0.201. The van der Waals surface area contributed by atoms with Crippen LogP contribution in [0.25, 0.3) is 11.8 Å². The Kier molecular flexibility index (Phi) is 7.47. The zero-order valence-electron chi connectivity index (χ0n) is 22.3. The van der Waals surface area contributed by atoms with Gasteiger partial charge in [-0.3, -0.25) is 9.36 Å². The van der Waals surface area contributed by atoms with E-state index < -0.39 is 12.0 Å². The van der Waals surface area contributed by atoms with Crippen LogP contribution in [0, 0.1) is 0 Å². The molecule has 0 saturated heterocycles. The number of thiazole rings is 1. The maximum Gasteiger partial charge on any atom is 0.338 e. The van der Waals surface area contributed by atoms with Crippen LogP contribution in [0.3, 0.4) is 0 Å². The predicted octanol–water partition coefficient (Wildman–Crippen LogP) is 4.01. The lowest BCUT2D eigenvalue weighted by molar-refractivity contribution is -0.138. The number of esters is 1. The van der Waals surface area contributed by atoms with E-state index >= 15 is 0 Å². The minimum Gasteiger partial charge on any atom is -0.497 e. The molecule has 0 spiro atoms. The smallest absolute Gasteiger partial charge is 0.338 e. The Morgan fingerprint density at radius 3 is 2.33 bits per heavy atom. The second kappa shape index (κ2) is 11.1. The third kappa shape index (κ3) is 5.15. The van der Waals surface area contributed by atoms with E-state index in [0.717, 1.165) is 22.4 Å². The Bertz CT molecular complexity index is 1700. The minimum atomic E-state index is -0.723. The van der Waals surface area contributed by atoms with Crippen LogP contribution < -0.4 is 24.5 Å². The Labute approximate surface area is 230 Å². The molecule has 0 aliphatic carbocycles. The van der Waals surface area contributed by atoms with Crippen LogP contribution in [0.1, 0.15) is 29.7 Å². The monoisotopic (exact) mass is 539 g/mol. The van der Waals surface area contributed by atoms with Crippen LogP contribution in [0.15, 0.2) is 94.2 Å². The molecule has 1 aliphatic heterocycles. The van der Waals surface area contributed by atoms with Crippen molar-refractivity contribution in [2.45, 2.75) is 13.0 Å². The second-order valence-corrected chi connectivity index (χ2v) is 10.2. The number of fused-ring (bicyclic) bond motifs is 1. The van der Waals surface area contributed by atoms with Gasteiger partial charge in [0.25, 0.3) is 5.56 Å². The molecule has 39 heavy (non-hydrogen) atoms. The molecular weight excluding hydrogens is 510 g/mol. The lowest BCUT2D eigenvalue weighted by Gasteiger charge is -2.26. The molecule has 198 valence electrons. The van der Waals surface area contributed by atoms with Crippen molar-refractivity contribution in [3.05, 3.63) is 121 Å². The van der Waals surface area contributed by atoms with E-state index in [0.29, 0.717) is 26.4 Å². The van der Waals surface area contributed by atoms with Crippen LogP contribution in [0.5, 0.6) is 5.75 Å². The maximum atomic E-state index is 13.9. The molecule has 4 aromatic rings. The maximum absolute atomic E-state index is 13.9. The lowest BCUT2D eigenvalue weighted by Crippen LogP contribution is -2.40.